The molecule has 0 unspecified atom stereocenters. The zero-order chi connectivity index (χ0) is 50.1. The molecule has 9 aromatic carbocycles. The van der Waals surface area contributed by atoms with Gasteiger partial charge in [0.25, 0.3) is 0 Å². The molecule has 0 aliphatic heterocycles. The first-order valence-electron chi connectivity index (χ1n) is 25.3. The molecule has 0 saturated carbocycles. The van der Waals surface area contributed by atoms with Crippen molar-refractivity contribution in [2.75, 3.05) is 11.9 Å². The Kier molecular flexibility index (Phi) is 11.7. The highest BCUT2D eigenvalue weighted by atomic mass is 15.1. The van der Waals surface area contributed by atoms with Crippen LogP contribution in [-0.2, 0) is 0 Å². The van der Waals surface area contributed by atoms with E-state index < -0.39 is 0 Å². The minimum Gasteiger partial charge on any atom is -0.344 e. The molecule has 0 atom stereocenters. The Bertz CT molecular complexity index is 4070. The lowest BCUT2D eigenvalue weighted by Crippen LogP contribution is -2.11. The van der Waals surface area contributed by atoms with Gasteiger partial charge in [0.05, 0.1) is 11.0 Å². The summed E-state index contributed by atoms with van der Waals surface area (Å²) < 4.78 is 2.37. The summed E-state index contributed by atoms with van der Waals surface area (Å²) in [6.07, 6.45) is 8.50. The topological polar surface area (TPSA) is 85.5 Å². The minimum absolute atomic E-state index is 0.606. The number of allylic oxidation sites excluding steroid dienone is 4. The molecule has 0 fully saturated rings. The van der Waals surface area contributed by atoms with E-state index >= 15 is 0 Å². The van der Waals surface area contributed by atoms with E-state index in [1.807, 2.05) is 91.0 Å². The number of fused-ring (bicyclic) bond motifs is 3. The molecular weight excluding hydrogens is 917 g/mol. The van der Waals surface area contributed by atoms with Crippen molar-refractivity contribution in [3.8, 4) is 84.9 Å². The van der Waals surface area contributed by atoms with Crippen LogP contribution in [0.1, 0.15) is 18.7 Å². The first-order chi connectivity index (χ1) is 37.1. The Hall–Kier alpha value is -9.92. The van der Waals surface area contributed by atoms with Gasteiger partial charge in [0, 0.05) is 73.8 Å². The highest BCUT2D eigenvalue weighted by molar-refractivity contribution is 6.17. The normalized spacial score (nSPS) is 12.3. The van der Waals surface area contributed by atoms with E-state index in [-0.39, 0.29) is 0 Å². The van der Waals surface area contributed by atoms with Crippen molar-refractivity contribution in [3.63, 3.8) is 0 Å². The number of hydrogen-bond donors (Lipinski definition) is 0. The lowest BCUT2D eigenvalue weighted by atomic mass is 9.90. The van der Waals surface area contributed by atoms with Crippen LogP contribution in [0.3, 0.4) is 0 Å². The van der Waals surface area contributed by atoms with Gasteiger partial charge in [-0.15, -0.1) is 0 Å². The summed E-state index contributed by atoms with van der Waals surface area (Å²) in [4.78, 5) is 32.6. The van der Waals surface area contributed by atoms with E-state index in [1.165, 1.54) is 0 Å². The van der Waals surface area contributed by atoms with Crippen LogP contribution < -0.4 is 4.90 Å². The van der Waals surface area contributed by atoms with Crippen LogP contribution in [-0.4, -0.2) is 41.5 Å². The largest absolute Gasteiger partial charge is 0.344 e. The van der Waals surface area contributed by atoms with Crippen LogP contribution in [0.2, 0.25) is 0 Å². The first-order valence-corrected chi connectivity index (χ1v) is 25.3. The van der Waals surface area contributed by atoms with Crippen molar-refractivity contribution in [2.45, 2.75) is 12.8 Å². The molecule has 0 bridgehead atoms. The molecule has 0 saturated heterocycles. The van der Waals surface area contributed by atoms with Crippen LogP contribution in [0.4, 0.5) is 11.4 Å². The number of rotatable bonds is 11. The fourth-order valence-electron chi connectivity index (χ4n) is 10.3. The van der Waals surface area contributed by atoms with E-state index in [4.69, 9.17) is 29.9 Å². The minimum atomic E-state index is 0.606. The summed E-state index contributed by atoms with van der Waals surface area (Å²) in [5.74, 6) is 3.81. The summed E-state index contributed by atoms with van der Waals surface area (Å²) in [6, 6.07) is 80.2. The number of para-hydroxylation sites is 1. The van der Waals surface area contributed by atoms with E-state index in [2.05, 4.69) is 174 Å². The van der Waals surface area contributed by atoms with Gasteiger partial charge in [0.1, 0.15) is 0 Å². The van der Waals surface area contributed by atoms with Gasteiger partial charge >= 0.3 is 0 Å². The van der Waals surface area contributed by atoms with Crippen molar-refractivity contribution in [1.29, 1.82) is 0 Å². The molecular formula is C67H48N8. The van der Waals surface area contributed by atoms with Crippen LogP contribution in [0, 0.1) is 0 Å². The highest BCUT2D eigenvalue weighted by Gasteiger charge is 2.23. The fourth-order valence-corrected chi connectivity index (χ4v) is 10.3. The molecule has 0 radical (unpaired) electrons. The average molecular weight is 965 g/mol. The standard InChI is InChI=1S/C67H48N8/c1-74(52-35-19-33-50(43-52)66-70-62(46-25-9-3-10-26-46)68-63(71-66)47-27-11-4-12-28-47)58-41-21-38-54(60(58)45-23-7-2-8-24-45)55-39-22-42-59-61(55)56-37-17-18-40-57(56)75(59)53-36-20-34-51(44-53)67-72-64(48-29-13-5-14-30-48)69-65(73-67)49-31-15-6-16-32-49/h2-3,5-11,13-44H,4,12H2,1H3. The highest BCUT2D eigenvalue weighted by Crippen LogP contribution is 2.46. The molecule has 1 aliphatic rings. The summed E-state index contributed by atoms with van der Waals surface area (Å²) >= 11 is 0. The number of nitrogens with zero attached hydrogens (tertiary/aromatic N) is 8. The zero-order valence-electron chi connectivity index (χ0n) is 41.2. The predicted molar refractivity (Wildman–Crippen MR) is 306 cm³/mol. The van der Waals surface area contributed by atoms with E-state index in [0.717, 1.165) is 107 Å². The maximum absolute atomic E-state index is 5.10. The maximum atomic E-state index is 5.10. The SMILES string of the molecule is CN(c1cccc(-c2nc(C3=CCCC=C3)nc(-c3ccccc3)n2)c1)c1cccc(-c2cccc3c2c2ccccc2n3-c2cccc(-c3nc(-c4ccccc4)nc(-c4ccccc4)n3)c2)c1-c1ccccc1. The Morgan fingerprint density at radius 1 is 0.387 bits per heavy atom. The van der Waals surface area contributed by atoms with Gasteiger partial charge in [-0.05, 0) is 72.0 Å². The Morgan fingerprint density at radius 2 is 0.867 bits per heavy atom. The second-order valence-electron chi connectivity index (χ2n) is 18.6. The number of aromatic nitrogens is 7. The van der Waals surface area contributed by atoms with Crippen LogP contribution >= 0.6 is 0 Å². The molecule has 0 amide bonds. The van der Waals surface area contributed by atoms with Crippen molar-refractivity contribution in [1.82, 2.24) is 34.5 Å². The van der Waals surface area contributed by atoms with Crippen molar-refractivity contribution >= 4 is 38.8 Å². The fraction of sp³-hybridized carbons (Fsp3) is 0.0448. The molecule has 3 aromatic heterocycles. The van der Waals surface area contributed by atoms with Gasteiger partial charge in [-0.1, -0.05) is 206 Å². The average Bonchev–Trinajstić information content (AvgIpc) is 3.85. The van der Waals surface area contributed by atoms with Crippen molar-refractivity contribution in [3.05, 3.63) is 255 Å². The molecule has 0 spiro atoms. The molecule has 75 heavy (non-hydrogen) atoms. The molecule has 356 valence electrons. The molecule has 8 nitrogen and oxygen atoms in total. The molecule has 8 heteroatoms. The summed E-state index contributed by atoms with van der Waals surface area (Å²) in [7, 11) is 2.15. The van der Waals surface area contributed by atoms with Crippen molar-refractivity contribution in [2.24, 2.45) is 0 Å². The monoisotopic (exact) mass is 964 g/mol. The zero-order valence-corrected chi connectivity index (χ0v) is 41.2. The second kappa shape index (κ2) is 19.6. The van der Waals surface area contributed by atoms with Gasteiger partial charge in [0.2, 0.25) is 0 Å². The smallest absolute Gasteiger partial charge is 0.164 e. The van der Waals surface area contributed by atoms with E-state index in [1.54, 1.807) is 0 Å². The molecule has 12 aromatic rings. The van der Waals surface area contributed by atoms with E-state index in [9.17, 15) is 0 Å². The summed E-state index contributed by atoms with van der Waals surface area (Å²) in [5, 5.41) is 2.32. The maximum Gasteiger partial charge on any atom is 0.164 e. The summed E-state index contributed by atoms with van der Waals surface area (Å²) in [5.41, 5.74) is 15.4. The quantitative estimate of drug-likeness (QED) is 0.128. The molecule has 1 aliphatic carbocycles. The number of hydrogen-bond acceptors (Lipinski definition) is 7. The van der Waals surface area contributed by atoms with Crippen molar-refractivity contribution < 1.29 is 0 Å². The van der Waals surface area contributed by atoms with Crippen LogP contribution in [0.25, 0.3) is 112 Å². The summed E-state index contributed by atoms with van der Waals surface area (Å²) in [6.45, 7) is 0. The Labute approximate surface area is 435 Å². The van der Waals surface area contributed by atoms with Gasteiger partial charge < -0.3 is 9.47 Å². The third-order valence-electron chi connectivity index (χ3n) is 13.9. The third-order valence-corrected chi connectivity index (χ3v) is 13.9. The number of anilines is 2. The molecule has 13 rings (SSSR count). The Morgan fingerprint density at radius 3 is 1.48 bits per heavy atom. The first kappa shape index (κ1) is 45.0. The lowest BCUT2D eigenvalue weighted by Gasteiger charge is -2.26. The number of benzene rings is 9. The third kappa shape index (κ3) is 8.64. The molecule has 0 N–H and O–H groups in total. The predicted octanol–water partition coefficient (Wildman–Crippen LogP) is 16.3. The Balaban J connectivity index is 0.939. The van der Waals surface area contributed by atoms with Gasteiger partial charge in [-0.2, -0.15) is 0 Å². The lowest BCUT2D eigenvalue weighted by molar-refractivity contribution is 1.01. The van der Waals surface area contributed by atoms with Crippen LogP contribution in [0.15, 0.2) is 249 Å². The van der Waals surface area contributed by atoms with E-state index in [0.29, 0.717) is 34.9 Å². The van der Waals surface area contributed by atoms with Gasteiger partial charge in [-0.25, -0.2) is 29.9 Å². The van der Waals surface area contributed by atoms with Gasteiger partial charge in [-0.3, -0.25) is 0 Å². The molecule has 3 heterocycles. The second-order valence-corrected chi connectivity index (χ2v) is 18.6. The van der Waals surface area contributed by atoms with Crippen LogP contribution in [0.5, 0.6) is 0 Å². The van der Waals surface area contributed by atoms with Gasteiger partial charge in [0.15, 0.2) is 34.9 Å².